The highest BCUT2D eigenvalue weighted by atomic mass is 19.1. The lowest BCUT2D eigenvalue weighted by Crippen LogP contribution is -2.44. The molecule has 2 fully saturated rings. The maximum absolute atomic E-state index is 14.5. The minimum atomic E-state index is -0.659. The molecule has 1 aliphatic carbocycles. The van der Waals surface area contributed by atoms with Crippen LogP contribution in [0.15, 0.2) is 36.4 Å². The van der Waals surface area contributed by atoms with E-state index in [0.717, 1.165) is 31.1 Å². The number of H-pyrrole nitrogens is 1. The second-order valence-corrected chi connectivity index (χ2v) is 8.95. The third-order valence-electron chi connectivity index (χ3n) is 6.64. The van der Waals surface area contributed by atoms with Crippen molar-refractivity contribution in [1.29, 1.82) is 0 Å². The number of hydrogen-bond donors (Lipinski definition) is 2. The van der Waals surface area contributed by atoms with Crippen LogP contribution in [0.5, 0.6) is 0 Å². The van der Waals surface area contributed by atoms with Crippen LogP contribution in [0.4, 0.5) is 13.2 Å². The number of ether oxygens (including phenoxy) is 1. The van der Waals surface area contributed by atoms with E-state index < -0.39 is 11.6 Å². The molecule has 4 nitrogen and oxygen atoms in total. The van der Waals surface area contributed by atoms with Gasteiger partial charge in [0.2, 0.25) is 5.91 Å². The van der Waals surface area contributed by atoms with Crippen LogP contribution in [-0.2, 0) is 9.53 Å². The molecule has 1 aliphatic heterocycles. The third-order valence-corrected chi connectivity index (χ3v) is 6.64. The molecule has 1 amide bonds. The van der Waals surface area contributed by atoms with Gasteiger partial charge in [-0.2, -0.15) is 0 Å². The van der Waals surface area contributed by atoms with Crippen molar-refractivity contribution in [2.45, 2.75) is 44.1 Å². The van der Waals surface area contributed by atoms with Crippen molar-refractivity contribution in [3.05, 3.63) is 59.4 Å². The van der Waals surface area contributed by atoms with Gasteiger partial charge < -0.3 is 15.0 Å². The lowest BCUT2D eigenvalue weighted by Gasteiger charge is -2.37. The van der Waals surface area contributed by atoms with E-state index in [0.29, 0.717) is 42.5 Å². The summed E-state index contributed by atoms with van der Waals surface area (Å²) < 4.78 is 47.4. The zero-order valence-corrected chi connectivity index (χ0v) is 17.6. The predicted octanol–water partition coefficient (Wildman–Crippen LogP) is 5.43. The first-order valence-electron chi connectivity index (χ1n) is 11.1. The van der Waals surface area contributed by atoms with Crippen LogP contribution in [0.25, 0.3) is 22.2 Å². The Labute approximate surface area is 184 Å². The smallest absolute Gasteiger partial charge is 0.220 e. The van der Waals surface area contributed by atoms with Crippen LogP contribution in [0.3, 0.4) is 0 Å². The molecule has 168 valence electrons. The summed E-state index contributed by atoms with van der Waals surface area (Å²) in [5, 5.41) is 3.59. The van der Waals surface area contributed by atoms with E-state index in [1.807, 2.05) is 0 Å². The van der Waals surface area contributed by atoms with E-state index in [2.05, 4.69) is 10.3 Å². The fourth-order valence-electron chi connectivity index (χ4n) is 5.00. The van der Waals surface area contributed by atoms with Crippen LogP contribution < -0.4 is 5.32 Å². The van der Waals surface area contributed by atoms with Crippen LogP contribution >= 0.6 is 0 Å². The number of carbonyl (C=O) groups is 1. The number of halogens is 3. The van der Waals surface area contributed by atoms with Gasteiger partial charge in [-0.3, -0.25) is 4.79 Å². The van der Waals surface area contributed by atoms with E-state index in [4.69, 9.17) is 4.74 Å². The molecule has 2 aromatic carbocycles. The van der Waals surface area contributed by atoms with Crippen molar-refractivity contribution in [3.63, 3.8) is 0 Å². The van der Waals surface area contributed by atoms with Crippen LogP contribution in [0.1, 0.15) is 43.6 Å². The number of aromatic amines is 1. The number of benzene rings is 2. The normalized spacial score (nSPS) is 23.2. The van der Waals surface area contributed by atoms with E-state index in [1.54, 1.807) is 12.1 Å². The van der Waals surface area contributed by atoms with Crippen LogP contribution in [0, 0.1) is 23.4 Å². The van der Waals surface area contributed by atoms with Crippen molar-refractivity contribution < 1.29 is 22.7 Å². The molecular weight excluding hydrogens is 417 g/mol. The van der Waals surface area contributed by atoms with E-state index in [-0.39, 0.29) is 35.1 Å². The first-order valence-corrected chi connectivity index (χ1v) is 11.1. The molecule has 1 aromatic heterocycles. The van der Waals surface area contributed by atoms with Gasteiger partial charge in [0.15, 0.2) is 0 Å². The lowest BCUT2D eigenvalue weighted by molar-refractivity contribution is -0.124. The average Bonchev–Trinajstić information content (AvgIpc) is 3.11. The van der Waals surface area contributed by atoms with Gasteiger partial charge >= 0.3 is 0 Å². The van der Waals surface area contributed by atoms with Crippen molar-refractivity contribution in [3.8, 4) is 11.3 Å². The topological polar surface area (TPSA) is 54.1 Å². The molecule has 7 heteroatoms. The Hall–Kier alpha value is -2.80. The maximum atomic E-state index is 14.5. The summed E-state index contributed by atoms with van der Waals surface area (Å²) in [6, 6.07) is 8.17. The highest BCUT2D eigenvalue weighted by Crippen LogP contribution is 2.45. The van der Waals surface area contributed by atoms with Gasteiger partial charge in [0.25, 0.3) is 0 Å². The minimum absolute atomic E-state index is 0.0266. The fraction of sp³-hybridized carbons (Fsp3) is 0.400. The first-order chi connectivity index (χ1) is 15.5. The maximum Gasteiger partial charge on any atom is 0.220 e. The SMILES string of the molecule is O=C(CC1CCCOC1)NC1CC(c2c(-c3ccc(F)cc3)[nH]c3c(F)cc(F)cc23)C1. The molecular formula is C25H25F3N2O2. The van der Waals surface area contributed by atoms with Gasteiger partial charge in [0.05, 0.1) is 11.2 Å². The second kappa shape index (κ2) is 8.62. The average molecular weight is 442 g/mol. The number of rotatable bonds is 5. The standard InChI is InChI=1S/C25H25F3N2O2/c26-17-5-3-15(4-6-17)24-23(20-11-18(27)12-21(28)25(20)30-24)16-9-19(10-16)29-22(31)8-14-2-1-7-32-13-14/h3-6,11-12,14,16,19,30H,1-2,7-10,13H2,(H,29,31). The number of hydrogen-bond acceptors (Lipinski definition) is 2. The van der Waals surface area contributed by atoms with Crippen LogP contribution in [-0.4, -0.2) is 30.1 Å². The quantitative estimate of drug-likeness (QED) is 0.554. The van der Waals surface area contributed by atoms with E-state index in [9.17, 15) is 18.0 Å². The summed E-state index contributed by atoms with van der Waals surface area (Å²) in [6.45, 7) is 1.40. The molecule has 2 heterocycles. The summed E-state index contributed by atoms with van der Waals surface area (Å²) in [5.41, 5.74) is 2.43. The molecule has 32 heavy (non-hydrogen) atoms. The van der Waals surface area contributed by atoms with Crippen LogP contribution in [0.2, 0.25) is 0 Å². The Balaban J connectivity index is 1.36. The zero-order valence-electron chi connectivity index (χ0n) is 17.6. The van der Waals surface area contributed by atoms with Crippen molar-refractivity contribution in [2.75, 3.05) is 13.2 Å². The van der Waals surface area contributed by atoms with Crippen molar-refractivity contribution in [2.24, 2.45) is 5.92 Å². The number of fused-ring (bicyclic) bond motifs is 1. The number of aromatic nitrogens is 1. The molecule has 0 bridgehead atoms. The Morgan fingerprint density at radius 2 is 1.88 bits per heavy atom. The summed E-state index contributed by atoms with van der Waals surface area (Å²) >= 11 is 0. The van der Waals surface area contributed by atoms with Gasteiger partial charge in [-0.05, 0) is 79.0 Å². The van der Waals surface area contributed by atoms with Gasteiger partial charge in [0.1, 0.15) is 17.5 Å². The molecule has 0 spiro atoms. The molecule has 3 aromatic rings. The van der Waals surface area contributed by atoms with Gasteiger partial charge in [-0.1, -0.05) is 0 Å². The highest BCUT2D eigenvalue weighted by molar-refractivity contribution is 5.92. The Morgan fingerprint density at radius 3 is 2.59 bits per heavy atom. The molecule has 5 rings (SSSR count). The predicted molar refractivity (Wildman–Crippen MR) is 116 cm³/mol. The Morgan fingerprint density at radius 1 is 1.09 bits per heavy atom. The van der Waals surface area contributed by atoms with E-state index in [1.165, 1.54) is 18.2 Å². The first kappa shape index (κ1) is 21.1. The molecule has 0 radical (unpaired) electrons. The second-order valence-electron chi connectivity index (χ2n) is 8.95. The zero-order chi connectivity index (χ0) is 22.2. The van der Waals surface area contributed by atoms with Gasteiger partial charge in [-0.15, -0.1) is 0 Å². The third kappa shape index (κ3) is 4.13. The monoisotopic (exact) mass is 442 g/mol. The van der Waals surface area contributed by atoms with E-state index >= 15 is 0 Å². The summed E-state index contributed by atoms with van der Waals surface area (Å²) in [4.78, 5) is 15.5. The lowest BCUT2D eigenvalue weighted by atomic mass is 9.74. The minimum Gasteiger partial charge on any atom is -0.381 e. The summed E-state index contributed by atoms with van der Waals surface area (Å²) in [6.07, 6.45) is 3.83. The molecule has 1 saturated carbocycles. The van der Waals surface area contributed by atoms with Gasteiger partial charge in [-0.25, -0.2) is 13.2 Å². The molecule has 1 atom stereocenters. The molecule has 1 unspecified atom stereocenters. The van der Waals surface area contributed by atoms with Crippen molar-refractivity contribution in [1.82, 2.24) is 10.3 Å². The van der Waals surface area contributed by atoms with Gasteiger partial charge in [0, 0.05) is 37.1 Å². The number of carbonyl (C=O) groups excluding carboxylic acids is 1. The Kier molecular flexibility index (Phi) is 5.67. The summed E-state index contributed by atoms with van der Waals surface area (Å²) in [7, 11) is 0. The Bertz CT molecular complexity index is 1130. The largest absolute Gasteiger partial charge is 0.381 e. The molecule has 2 aliphatic rings. The molecule has 1 saturated heterocycles. The van der Waals surface area contributed by atoms with Crippen molar-refractivity contribution >= 4 is 16.8 Å². The number of nitrogens with one attached hydrogen (secondary N) is 2. The number of amides is 1. The fourth-order valence-corrected chi connectivity index (χ4v) is 5.00. The molecule has 2 N–H and O–H groups in total. The highest BCUT2D eigenvalue weighted by Gasteiger charge is 2.35. The summed E-state index contributed by atoms with van der Waals surface area (Å²) in [5.74, 6) is -1.33.